The van der Waals surface area contributed by atoms with Gasteiger partial charge < -0.3 is 20.5 Å². The molecule has 0 aromatic carbocycles. The van der Waals surface area contributed by atoms with Crippen molar-refractivity contribution in [2.75, 3.05) is 19.7 Å². The molecule has 1 saturated heterocycles. The first-order valence-electron chi connectivity index (χ1n) is 6.78. The van der Waals surface area contributed by atoms with Crippen LogP contribution in [0.3, 0.4) is 0 Å². The lowest BCUT2D eigenvalue weighted by Crippen LogP contribution is -2.46. The molecule has 1 saturated carbocycles. The molecule has 1 unspecified atom stereocenters. The molecule has 1 aliphatic carbocycles. The van der Waals surface area contributed by atoms with Gasteiger partial charge >= 0.3 is 0 Å². The molecule has 0 bridgehead atoms. The van der Waals surface area contributed by atoms with Crippen molar-refractivity contribution in [3.63, 3.8) is 0 Å². The van der Waals surface area contributed by atoms with E-state index < -0.39 is 5.79 Å². The van der Waals surface area contributed by atoms with Crippen LogP contribution in [0.25, 0.3) is 0 Å². The summed E-state index contributed by atoms with van der Waals surface area (Å²) in [5.41, 5.74) is 5.44. The van der Waals surface area contributed by atoms with E-state index in [-0.39, 0.29) is 17.4 Å². The van der Waals surface area contributed by atoms with E-state index in [4.69, 9.17) is 15.2 Å². The Morgan fingerprint density at radius 1 is 1.39 bits per heavy atom. The van der Waals surface area contributed by atoms with Gasteiger partial charge in [0.1, 0.15) is 6.10 Å². The van der Waals surface area contributed by atoms with E-state index in [9.17, 15) is 4.79 Å². The average Bonchev–Trinajstić information content (AvgIpc) is 2.93. The fourth-order valence-corrected chi connectivity index (χ4v) is 2.83. The van der Waals surface area contributed by atoms with Gasteiger partial charge in [0, 0.05) is 13.1 Å². The fourth-order valence-electron chi connectivity index (χ4n) is 2.83. The number of nitrogens with two attached hydrogens (primary N) is 1. The van der Waals surface area contributed by atoms with Crippen LogP contribution in [0.4, 0.5) is 0 Å². The summed E-state index contributed by atoms with van der Waals surface area (Å²) in [6.45, 7) is 5.24. The largest absolute Gasteiger partial charge is 0.353 e. The summed E-state index contributed by atoms with van der Waals surface area (Å²) in [7, 11) is 0. The summed E-state index contributed by atoms with van der Waals surface area (Å²) < 4.78 is 11.1. The molecule has 0 radical (unpaired) electrons. The third-order valence-corrected chi connectivity index (χ3v) is 3.99. The number of amides is 1. The number of carbonyl (C=O) groups is 1. The molecule has 1 heterocycles. The molecule has 2 fully saturated rings. The van der Waals surface area contributed by atoms with Gasteiger partial charge in [-0.3, -0.25) is 4.79 Å². The molecule has 5 nitrogen and oxygen atoms in total. The van der Waals surface area contributed by atoms with Crippen LogP contribution in [0.1, 0.15) is 39.5 Å². The lowest BCUT2D eigenvalue weighted by atomic mass is 9.85. The Labute approximate surface area is 108 Å². The van der Waals surface area contributed by atoms with E-state index >= 15 is 0 Å². The van der Waals surface area contributed by atoms with Crippen LogP contribution in [0, 0.1) is 5.41 Å². The molecule has 104 valence electrons. The molecule has 2 rings (SSSR count). The van der Waals surface area contributed by atoms with Crippen molar-refractivity contribution in [2.24, 2.45) is 11.1 Å². The lowest BCUT2D eigenvalue weighted by Gasteiger charge is -2.26. The lowest BCUT2D eigenvalue weighted by molar-refractivity contribution is -0.141. The second-order valence-corrected chi connectivity index (χ2v) is 5.85. The van der Waals surface area contributed by atoms with E-state index in [1.54, 1.807) is 0 Å². The van der Waals surface area contributed by atoms with E-state index in [0.717, 1.165) is 25.7 Å². The number of hydrogen-bond acceptors (Lipinski definition) is 4. The number of carbonyl (C=O) groups excluding carboxylic acids is 1. The molecule has 3 N–H and O–H groups in total. The van der Waals surface area contributed by atoms with Gasteiger partial charge in [-0.25, -0.2) is 0 Å². The standard InChI is InChI=1S/C13H24N2O3/c1-12(2)17-8-10(18-12)7-15-11(16)13(9-14)5-3-4-6-13/h10H,3-9,14H2,1-2H3,(H,15,16). The Morgan fingerprint density at radius 2 is 2.06 bits per heavy atom. The highest BCUT2D eigenvalue weighted by atomic mass is 16.7. The van der Waals surface area contributed by atoms with Crippen molar-refractivity contribution in [3.05, 3.63) is 0 Å². The summed E-state index contributed by atoms with van der Waals surface area (Å²) in [6.07, 6.45) is 3.95. The summed E-state index contributed by atoms with van der Waals surface area (Å²) in [5, 5.41) is 2.97. The normalized spacial score (nSPS) is 29.4. The Hall–Kier alpha value is -0.650. The van der Waals surface area contributed by atoms with Crippen molar-refractivity contribution in [3.8, 4) is 0 Å². The van der Waals surface area contributed by atoms with E-state index in [1.807, 2.05) is 13.8 Å². The zero-order valence-corrected chi connectivity index (χ0v) is 11.3. The minimum absolute atomic E-state index is 0.0554. The van der Waals surface area contributed by atoms with Gasteiger partial charge in [0.2, 0.25) is 5.91 Å². The smallest absolute Gasteiger partial charge is 0.227 e. The van der Waals surface area contributed by atoms with Crippen LogP contribution in [0.5, 0.6) is 0 Å². The van der Waals surface area contributed by atoms with Crippen LogP contribution in [0.15, 0.2) is 0 Å². The first-order valence-corrected chi connectivity index (χ1v) is 6.78. The number of hydrogen-bond donors (Lipinski definition) is 2. The molecule has 0 spiro atoms. The zero-order valence-electron chi connectivity index (χ0n) is 11.3. The zero-order chi connectivity index (χ0) is 13.2. The van der Waals surface area contributed by atoms with Crippen molar-refractivity contribution in [2.45, 2.75) is 51.4 Å². The minimum atomic E-state index is -0.533. The maximum absolute atomic E-state index is 12.2. The average molecular weight is 256 g/mol. The Bertz CT molecular complexity index is 311. The van der Waals surface area contributed by atoms with Crippen LogP contribution < -0.4 is 11.1 Å². The van der Waals surface area contributed by atoms with Gasteiger partial charge in [0.15, 0.2) is 5.79 Å². The molecular weight excluding hydrogens is 232 g/mol. The SMILES string of the molecule is CC1(C)OCC(CNC(=O)C2(CN)CCCC2)O1. The molecular formula is C13H24N2O3. The van der Waals surface area contributed by atoms with Crippen LogP contribution in [0.2, 0.25) is 0 Å². The van der Waals surface area contributed by atoms with Crippen molar-refractivity contribution >= 4 is 5.91 Å². The van der Waals surface area contributed by atoms with Crippen LogP contribution in [-0.2, 0) is 14.3 Å². The van der Waals surface area contributed by atoms with Crippen molar-refractivity contribution < 1.29 is 14.3 Å². The first-order chi connectivity index (χ1) is 8.47. The molecule has 1 atom stereocenters. The van der Waals surface area contributed by atoms with Gasteiger partial charge in [0.25, 0.3) is 0 Å². The van der Waals surface area contributed by atoms with E-state index in [0.29, 0.717) is 19.7 Å². The van der Waals surface area contributed by atoms with Gasteiger partial charge in [-0.05, 0) is 26.7 Å². The summed E-state index contributed by atoms with van der Waals surface area (Å²) >= 11 is 0. The van der Waals surface area contributed by atoms with Gasteiger partial charge in [-0.2, -0.15) is 0 Å². The number of nitrogens with one attached hydrogen (secondary N) is 1. The summed E-state index contributed by atoms with van der Waals surface area (Å²) in [5.74, 6) is -0.454. The fraction of sp³-hybridized carbons (Fsp3) is 0.923. The van der Waals surface area contributed by atoms with Gasteiger partial charge in [-0.15, -0.1) is 0 Å². The third kappa shape index (κ3) is 2.84. The Morgan fingerprint density at radius 3 is 2.56 bits per heavy atom. The monoisotopic (exact) mass is 256 g/mol. The topological polar surface area (TPSA) is 73.6 Å². The molecule has 0 aromatic heterocycles. The number of ether oxygens (including phenoxy) is 2. The van der Waals surface area contributed by atoms with E-state index in [1.165, 1.54) is 0 Å². The third-order valence-electron chi connectivity index (χ3n) is 3.99. The molecule has 0 aromatic rings. The Balaban J connectivity index is 1.81. The first kappa shape index (κ1) is 13.8. The summed E-state index contributed by atoms with van der Waals surface area (Å²) in [4.78, 5) is 12.2. The van der Waals surface area contributed by atoms with Gasteiger partial charge in [0.05, 0.1) is 12.0 Å². The second-order valence-electron chi connectivity index (χ2n) is 5.85. The molecule has 18 heavy (non-hydrogen) atoms. The predicted molar refractivity (Wildman–Crippen MR) is 67.9 cm³/mol. The molecule has 1 amide bonds. The molecule has 5 heteroatoms. The van der Waals surface area contributed by atoms with Crippen LogP contribution >= 0.6 is 0 Å². The van der Waals surface area contributed by atoms with Crippen molar-refractivity contribution in [1.82, 2.24) is 5.32 Å². The maximum Gasteiger partial charge on any atom is 0.227 e. The van der Waals surface area contributed by atoms with Gasteiger partial charge in [-0.1, -0.05) is 12.8 Å². The highest BCUT2D eigenvalue weighted by molar-refractivity contribution is 5.83. The second kappa shape index (κ2) is 5.15. The predicted octanol–water partition coefficient (Wildman–Crippen LogP) is 0.773. The Kier molecular flexibility index (Phi) is 3.94. The quantitative estimate of drug-likeness (QED) is 0.779. The van der Waals surface area contributed by atoms with Crippen molar-refractivity contribution in [1.29, 1.82) is 0 Å². The molecule has 2 aliphatic rings. The number of rotatable bonds is 4. The van der Waals surface area contributed by atoms with E-state index in [2.05, 4.69) is 5.32 Å². The highest BCUT2D eigenvalue weighted by Gasteiger charge is 2.40. The molecule has 1 aliphatic heterocycles. The maximum atomic E-state index is 12.2. The van der Waals surface area contributed by atoms with Crippen LogP contribution in [-0.4, -0.2) is 37.5 Å². The minimum Gasteiger partial charge on any atom is -0.353 e. The summed E-state index contributed by atoms with van der Waals surface area (Å²) in [6, 6.07) is 0. The highest BCUT2D eigenvalue weighted by Crippen LogP contribution is 2.37.